The van der Waals surface area contributed by atoms with Crippen molar-refractivity contribution in [1.82, 2.24) is 0 Å². The summed E-state index contributed by atoms with van der Waals surface area (Å²) in [5, 5.41) is 2.47. The average molecular weight is 393 g/mol. The number of sulfone groups is 1. The first-order chi connectivity index (χ1) is 12.0. The predicted molar refractivity (Wildman–Crippen MR) is 103 cm³/mol. The SMILES string of the molecule is O=C(Cc1cccs1)N=C1SC2CS(=O)(=O)CC2N1c1ccccc1. The minimum atomic E-state index is -3.04. The monoisotopic (exact) mass is 392 g/mol. The number of benzene rings is 1. The number of rotatable bonds is 3. The quantitative estimate of drug-likeness (QED) is 0.803. The van der Waals surface area contributed by atoms with Crippen LogP contribution in [0.5, 0.6) is 0 Å². The Labute approximate surface area is 154 Å². The minimum Gasteiger partial charge on any atom is -0.316 e. The molecule has 0 radical (unpaired) electrons. The molecule has 25 heavy (non-hydrogen) atoms. The maximum absolute atomic E-state index is 12.4. The normalized spacial score (nSPS) is 26.1. The fraction of sp³-hybridized carbons (Fsp3) is 0.294. The topological polar surface area (TPSA) is 66.8 Å². The van der Waals surface area contributed by atoms with E-state index in [9.17, 15) is 13.2 Å². The first kappa shape index (κ1) is 16.8. The summed E-state index contributed by atoms with van der Waals surface area (Å²) in [4.78, 5) is 19.6. The molecule has 0 N–H and O–H groups in total. The Balaban J connectivity index is 1.64. The van der Waals surface area contributed by atoms with Crippen LogP contribution in [0.2, 0.25) is 0 Å². The first-order valence-corrected chi connectivity index (χ1v) is 11.5. The molecule has 8 heteroatoms. The van der Waals surface area contributed by atoms with Gasteiger partial charge in [0.2, 0.25) is 0 Å². The number of carbonyl (C=O) groups excluding carboxylic acids is 1. The van der Waals surface area contributed by atoms with Crippen LogP contribution in [0.3, 0.4) is 0 Å². The zero-order valence-electron chi connectivity index (χ0n) is 13.2. The number of amidine groups is 1. The van der Waals surface area contributed by atoms with Gasteiger partial charge in [0.15, 0.2) is 15.0 Å². The molecule has 1 amide bonds. The molecular formula is C17H16N2O3S3. The van der Waals surface area contributed by atoms with E-state index in [1.807, 2.05) is 52.7 Å². The molecule has 2 aliphatic rings. The van der Waals surface area contributed by atoms with Crippen molar-refractivity contribution in [3.05, 3.63) is 52.7 Å². The van der Waals surface area contributed by atoms with Gasteiger partial charge in [-0.15, -0.1) is 11.3 Å². The average Bonchev–Trinajstić information content (AvgIpc) is 3.23. The van der Waals surface area contributed by atoms with Crippen LogP contribution in [0.1, 0.15) is 4.88 Å². The molecule has 4 rings (SSSR count). The zero-order valence-corrected chi connectivity index (χ0v) is 15.7. The highest BCUT2D eigenvalue weighted by Crippen LogP contribution is 2.40. The number of amides is 1. The largest absolute Gasteiger partial charge is 0.316 e. The second-order valence-corrected chi connectivity index (χ2v) is 10.4. The Hall–Kier alpha value is -1.64. The van der Waals surface area contributed by atoms with Crippen molar-refractivity contribution in [3.8, 4) is 0 Å². The van der Waals surface area contributed by atoms with Crippen molar-refractivity contribution < 1.29 is 13.2 Å². The van der Waals surface area contributed by atoms with Crippen LogP contribution in [0.25, 0.3) is 0 Å². The highest BCUT2D eigenvalue weighted by molar-refractivity contribution is 8.16. The first-order valence-electron chi connectivity index (χ1n) is 7.87. The van der Waals surface area contributed by atoms with Crippen LogP contribution in [-0.4, -0.2) is 42.3 Å². The lowest BCUT2D eigenvalue weighted by atomic mass is 10.2. The lowest BCUT2D eigenvalue weighted by molar-refractivity contribution is -0.117. The summed E-state index contributed by atoms with van der Waals surface area (Å²) >= 11 is 2.94. The minimum absolute atomic E-state index is 0.0708. The third kappa shape index (κ3) is 3.51. The van der Waals surface area contributed by atoms with Crippen molar-refractivity contribution in [2.45, 2.75) is 17.7 Å². The molecule has 130 valence electrons. The zero-order chi connectivity index (χ0) is 17.4. The molecule has 2 atom stereocenters. The maximum Gasteiger partial charge on any atom is 0.253 e. The van der Waals surface area contributed by atoms with Crippen molar-refractivity contribution in [1.29, 1.82) is 0 Å². The second kappa shape index (κ2) is 6.59. The molecule has 1 aromatic heterocycles. The van der Waals surface area contributed by atoms with Gasteiger partial charge in [0.05, 0.1) is 24.0 Å². The molecular weight excluding hydrogens is 376 g/mol. The van der Waals surface area contributed by atoms with Crippen molar-refractivity contribution >= 4 is 49.7 Å². The van der Waals surface area contributed by atoms with E-state index >= 15 is 0 Å². The Morgan fingerprint density at radius 2 is 1.96 bits per heavy atom. The molecule has 0 aliphatic carbocycles. The molecule has 2 fully saturated rings. The lowest BCUT2D eigenvalue weighted by Gasteiger charge is -2.24. The Bertz CT molecular complexity index is 908. The van der Waals surface area contributed by atoms with Crippen LogP contribution in [0.15, 0.2) is 52.8 Å². The van der Waals surface area contributed by atoms with E-state index in [4.69, 9.17) is 0 Å². The van der Waals surface area contributed by atoms with Crippen molar-refractivity contribution in [3.63, 3.8) is 0 Å². The number of anilines is 1. The maximum atomic E-state index is 12.4. The van der Waals surface area contributed by atoms with E-state index in [1.165, 1.54) is 23.1 Å². The summed E-state index contributed by atoms with van der Waals surface area (Å²) in [6.07, 6.45) is 0.276. The van der Waals surface area contributed by atoms with Gasteiger partial charge in [-0.25, -0.2) is 8.42 Å². The van der Waals surface area contributed by atoms with Crippen LogP contribution < -0.4 is 4.90 Å². The number of hydrogen-bond donors (Lipinski definition) is 0. The fourth-order valence-corrected chi connectivity index (χ4v) is 7.79. The summed E-state index contributed by atoms with van der Waals surface area (Å²) in [5.74, 6) is 0.0512. The standard InChI is InChI=1S/C17H16N2O3S3/c20-16(9-13-7-4-8-23-13)18-17-19(12-5-2-1-3-6-12)14-10-25(21,22)11-15(14)24-17/h1-8,14-15H,9-11H2. The van der Waals surface area contributed by atoms with Gasteiger partial charge in [-0.3, -0.25) is 4.79 Å². The van der Waals surface area contributed by atoms with Gasteiger partial charge in [0.25, 0.3) is 5.91 Å². The summed E-state index contributed by atoms with van der Waals surface area (Å²) in [7, 11) is -3.04. The third-order valence-corrected chi connectivity index (χ3v) is 8.31. The Morgan fingerprint density at radius 3 is 2.68 bits per heavy atom. The van der Waals surface area contributed by atoms with Crippen LogP contribution >= 0.6 is 23.1 Å². The van der Waals surface area contributed by atoms with Crippen molar-refractivity contribution in [2.24, 2.45) is 4.99 Å². The van der Waals surface area contributed by atoms with E-state index in [2.05, 4.69) is 4.99 Å². The number of thioether (sulfide) groups is 1. The molecule has 2 aliphatic heterocycles. The number of para-hydroxylation sites is 1. The summed E-state index contributed by atoms with van der Waals surface area (Å²) in [6, 6.07) is 13.2. The predicted octanol–water partition coefficient (Wildman–Crippen LogP) is 2.59. The fourth-order valence-electron chi connectivity index (χ4n) is 3.16. The summed E-state index contributed by atoms with van der Waals surface area (Å²) in [6.45, 7) is 0. The van der Waals surface area contributed by atoms with Gasteiger partial charge in [-0.05, 0) is 23.6 Å². The number of thiophene rings is 1. The molecule has 3 heterocycles. The van der Waals surface area contributed by atoms with E-state index in [-0.39, 0.29) is 35.1 Å². The smallest absolute Gasteiger partial charge is 0.253 e. The van der Waals surface area contributed by atoms with Crippen LogP contribution in [0.4, 0.5) is 5.69 Å². The van der Waals surface area contributed by atoms with Crippen LogP contribution in [0, 0.1) is 0 Å². The van der Waals surface area contributed by atoms with Gasteiger partial charge >= 0.3 is 0 Å². The summed E-state index contributed by atoms with van der Waals surface area (Å²) in [5.41, 5.74) is 0.877. The molecule has 0 saturated carbocycles. The van der Waals surface area contributed by atoms with Gasteiger partial charge in [-0.1, -0.05) is 36.0 Å². The van der Waals surface area contributed by atoms with Crippen molar-refractivity contribution in [2.75, 3.05) is 16.4 Å². The number of fused-ring (bicyclic) bond motifs is 1. The lowest BCUT2D eigenvalue weighted by Crippen LogP contribution is -2.37. The highest BCUT2D eigenvalue weighted by atomic mass is 32.2. The molecule has 0 bridgehead atoms. The van der Waals surface area contributed by atoms with E-state index in [1.54, 1.807) is 0 Å². The van der Waals surface area contributed by atoms with Gasteiger partial charge in [0.1, 0.15) is 0 Å². The van der Waals surface area contributed by atoms with E-state index in [0.717, 1.165) is 10.6 Å². The molecule has 0 spiro atoms. The van der Waals surface area contributed by atoms with E-state index < -0.39 is 9.84 Å². The molecule has 1 aromatic carbocycles. The summed E-state index contributed by atoms with van der Waals surface area (Å²) < 4.78 is 24.0. The third-order valence-electron chi connectivity index (χ3n) is 4.23. The Kier molecular flexibility index (Phi) is 4.43. The second-order valence-electron chi connectivity index (χ2n) is 6.05. The Morgan fingerprint density at radius 1 is 1.16 bits per heavy atom. The molecule has 2 saturated heterocycles. The van der Waals surface area contributed by atoms with Crippen LogP contribution in [-0.2, 0) is 21.1 Å². The van der Waals surface area contributed by atoms with Gasteiger partial charge in [-0.2, -0.15) is 4.99 Å². The number of hydrogen-bond acceptors (Lipinski definition) is 5. The number of nitrogens with zero attached hydrogens (tertiary/aromatic N) is 2. The molecule has 5 nitrogen and oxygen atoms in total. The molecule has 2 aromatic rings. The van der Waals surface area contributed by atoms with Gasteiger partial charge < -0.3 is 4.90 Å². The number of aliphatic imine (C=N–C) groups is 1. The highest BCUT2D eigenvalue weighted by Gasteiger charge is 2.49. The number of carbonyl (C=O) groups is 1. The molecule has 2 unspecified atom stereocenters. The van der Waals surface area contributed by atoms with Gasteiger partial charge in [0, 0.05) is 15.8 Å². The van der Waals surface area contributed by atoms with E-state index in [0.29, 0.717) is 5.17 Å².